The Morgan fingerprint density at radius 1 is 0.247 bits per heavy atom. The summed E-state index contributed by atoms with van der Waals surface area (Å²) in [6, 6.07) is 0. The van der Waals surface area contributed by atoms with Crippen molar-refractivity contribution in [2.75, 3.05) is 0 Å². The molecule has 77 heavy (non-hydrogen) atoms. The number of aliphatic hydroxyl groups is 4. The molecular weight excluding hydrogens is 1320 g/mol. The van der Waals surface area contributed by atoms with E-state index in [2.05, 4.69) is 0 Å². The third kappa shape index (κ3) is 20.1. The number of ketones is 4. The van der Waals surface area contributed by atoms with Gasteiger partial charge >= 0.3 is 72.1 Å². The zero-order valence-electron chi connectivity index (χ0n) is 40.8. The zero-order valence-corrected chi connectivity index (χ0v) is 44.4. The Balaban J connectivity index is -0.000000298. The van der Waals surface area contributed by atoms with E-state index in [1.54, 1.807) is 0 Å². The number of carbonyl (C=O) groups is 4. The molecule has 0 saturated carbocycles. The summed E-state index contributed by atoms with van der Waals surface area (Å²) in [7, 11) is 0. The number of allylic oxidation sites excluding steroid dienone is 8. The van der Waals surface area contributed by atoms with Gasteiger partial charge < -0.3 is 20.4 Å². The van der Waals surface area contributed by atoms with Crippen LogP contribution in [-0.4, -0.2) is 116 Å². The molecule has 0 aromatic heterocycles. The molecule has 0 aliphatic rings. The monoisotopic (exact) mass is 1360 g/mol. The van der Waals surface area contributed by atoms with Gasteiger partial charge in [0.05, 0.1) is 0 Å². The molecule has 0 spiro atoms. The molecule has 0 fully saturated rings. The van der Waals surface area contributed by atoms with E-state index >= 15 is 0 Å². The van der Waals surface area contributed by atoms with E-state index in [0.717, 1.165) is 0 Å². The maximum absolute atomic E-state index is 12.9. The number of aliphatic hydroxyl groups excluding tert-OH is 4. The van der Waals surface area contributed by atoms with Crippen LogP contribution in [0.25, 0.3) is 0 Å². The van der Waals surface area contributed by atoms with Crippen molar-refractivity contribution in [3.8, 4) is 0 Å². The molecule has 0 unspecified atom stereocenters. The van der Waals surface area contributed by atoms with Gasteiger partial charge in [0.15, 0.2) is 0 Å². The van der Waals surface area contributed by atoms with E-state index in [-0.39, 0.29) is 50.1 Å². The summed E-state index contributed by atoms with van der Waals surface area (Å²) in [6.45, 7) is 14.9. The molecule has 0 rings (SSSR count). The van der Waals surface area contributed by atoms with Crippen LogP contribution in [0, 0.1) is 21.7 Å². The minimum absolute atomic E-state index is 0. The van der Waals surface area contributed by atoms with E-state index in [1.807, 2.05) is 0 Å². The Kier molecular flexibility index (Phi) is 26.5. The minimum atomic E-state index is -6.59. The second-order valence-electron chi connectivity index (χ2n) is 19.2. The minimum Gasteiger partial charge on any atom is -0.512 e. The van der Waals surface area contributed by atoms with E-state index in [1.165, 1.54) is 83.1 Å². The molecule has 0 aliphatic carbocycles. The van der Waals surface area contributed by atoms with Crippen LogP contribution in [-0.2, 0) is 45.0 Å². The second kappa shape index (κ2) is 25.0. The van der Waals surface area contributed by atoms with Gasteiger partial charge in [-0.3, -0.25) is 19.2 Å². The van der Waals surface area contributed by atoms with Gasteiger partial charge in [-0.1, -0.05) is 83.1 Å². The number of halogens is 28. The first-order valence-electron chi connectivity index (χ1n) is 19.3. The predicted octanol–water partition coefficient (Wildman–Crippen LogP) is 15.5. The van der Waals surface area contributed by atoms with Crippen molar-refractivity contribution in [1.29, 1.82) is 0 Å². The molecule has 452 valence electrons. The van der Waals surface area contributed by atoms with E-state index < -0.39 is 140 Å². The molecule has 37 heteroatoms. The Morgan fingerprint density at radius 2 is 0.338 bits per heavy atom. The molecule has 0 aromatic carbocycles. The summed E-state index contributed by atoms with van der Waals surface area (Å²) < 4.78 is 344. The number of hydrogen-bond acceptors (Lipinski definition) is 8. The van der Waals surface area contributed by atoms with Crippen LogP contribution in [0.3, 0.4) is 0 Å². The molecular formula is C40H44F28HfO8. The standard InChI is InChI=1S/4C10H11F7O2.Hf/c4*1-7(2,3)5(18)4-6(19)8(11,12)9(13,14)10(15,16)17;/h4*4,18H,1-3H3;. The van der Waals surface area contributed by atoms with Crippen LogP contribution in [0.15, 0.2) is 47.3 Å². The van der Waals surface area contributed by atoms with Crippen LogP contribution in [0.5, 0.6) is 0 Å². The number of carbonyl (C=O) groups excluding carboxylic acids is 4. The Labute approximate surface area is 435 Å². The normalized spacial score (nSPS) is 15.4. The fraction of sp³-hybridized carbons (Fsp3) is 0.700. The summed E-state index contributed by atoms with van der Waals surface area (Å²) in [5.41, 5.74) is -5.00. The molecule has 4 N–H and O–H groups in total. The first kappa shape index (κ1) is 81.6. The van der Waals surface area contributed by atoms with Gasteiger partial charge in [-0.2, -0.15) is 123 Å². The summed E-state index contributed by atoms with van der Waals surface area (Å²) >= 11 is 0. The van der Waals surface area contributed by atoms with Gasteiger partial charge in [-0.25, -0.2) is 0 Å². The van der Waals surface area contributed by atoms with E-state index in [0.29, 0.717) is 0 Å². The molecule has 8 nitrogen and oxygen atoms in total. The number of alkyl halides is 28. The van der Waals surface area contributed by atoms with Crippen molar-refractivity contribution >= 4 is 23.1 Å². The van der Waals surface area contributed by atoms with Crippen LogP contribution >= 0.6 is 0 Å². The van der Waals surface area contributed by atoms with Crippen LogP contribution < -0.4 is 0 Å². The average molecular weight is 1360 g/mol. The van der Waals surface area contributed by atoms with Gasteiger partial charge in [-0.15, -0.1) is 0 Å². The summed E-state index contributed by atoms with van der Waals surface area (Å²) in [4.78, 5) is 43.4. The number of rotatable bonds is 12. The van der Waals surface area contributed by atoms with Gasteiger partial charge in [0.2, 0.25) is 23.1 Å². The van der Waals surface area contributed by atoms with Crippen LogP contribution in [0.2, 0.25) is 0 Å². The van der Waals surface area contributed by atoms with Crippen LogP contribution in [0.4, 0.5) is 123 Å². The van der Waals surface area contributed by atoms with E-state index in [9.17, 15) is 142 Å². The first-order valence-corrected chi connectivity index (χ1v) is 19.3. The van der Waals surface area contributed by atoms with Crippen molar-refractivity contribution < 1.29 is 188 Å². The molecule has 0 aromatic rings. The van der Waals surface area contributed by atoms with Crippen LogP contribution in [0.1, 0.15) is 83.1 Å². The van der Waals surface area contributed by atoms with Gasteiger partial charge in [0.25, 0.3) is 0 Å². The Bertz CT molecular complexity index is 1860. The third-order valence-electron chi connectivity index (χ3n) is 8.38. The maximum Gasteiger partial charge on any atom is 0.460 e. The quantitative estimate of drug-likeness (QED) is 0.0653. The largest absolute Gasteiger partial charge is 0.512 e. The summed E-state index contributed by atoms with van der Waals surface area (Å²) in [6.07, 6.45) is -27.6. The molecule has 0 saturated heterocycles. The fourth-order valence-corrected chi connectivity index (χ4v) is 3.06. The average Bonchev–Trinajstić information content (AvgIpc) is 3.14. The Hall–Kier alpha value is -4.25. The summed E-state index contributed by atoms with van der Waals surface area (Å²) in [5, 5.41) is 36.7. The number of hydrogen-bond donors (Lipinski definition) is 4. The molecule has 0 bridgehead atoms. The van der Waals surface area contributed by atoms with Gasteiger partial charge in [0, 0.05) is 71.8 Å². The van der Waals surface area contributed by atoms with Gasteiger partial charge in [0.1, 0.15) is 23.0 Å². The van der Waals surface area contributed by atoms with Crippen molar-refractivity contribution in [2.24, 2.45) is 21.7 Å². The topological polar surface area (TPSA) is 149 Å². The zero-order chi connectivity index (χ0) is 63.4. The molecule has 0 radical (unpaired) electrons. The maximum atomic E-state index is 12.9. The van der Waals surface area contributed by atoms with Crippen molar-refractivity contribution in [1.82, 2.24) is 0 Å². The molecule has 0 amide bonds. The Morgan fingerprint density at radius 3 is 0.403 bits per heavy atom. The predicted molar refractivity (Wildman–Crippen MR) is 204 cm³/mol. The first-order chi connectivity index (χ1) is 32.2. The van der Waals surface area contributed by atoms with Crippen molar-refractivity contribution in [3.63, 3.8) is 0 Å². The third-order valence-corrected chi connectivity index (χ3v) is 8.38. The van der Waals surface area contributed by atoms with E-state index in [4.69, 9.17) is 20.4 Å². The SMILES string of the molecule is CC(C)(C)C(O)=CC(=O)C(F)(F)C(F)(F)C(F)(F)F.CC(C)(C)C(O)=CC(=O)C(F)(F)C(F)(F)C(F)(F)F.CC(C)(C)C(O)=CC(=O)C(F)(F)C(F)(F)C(F)(F)F.CC(C)(C)C(O)=CC(=O)C(F)(F)C(F)(F)C(F)(F)F.[Hf]. The molecule has 0 heterocycles. The fourth-order valence-electron chi connectivity index (χ4n) is 3.06. The molecule has 0 aliphatic heterocycles. The smallest absolute Gasteiger partial charge is 0.460 e. The van der Waals surface area contributed by atoms with Crippen molar-refractivity contribution in [2.45, 2.75) is 155 Å². The molecule has 0 atom stereocenters. The van der Waals surface area contributed by atoms with Gasteiger partial charge in [-0.05, 0) is 0 Å². The second-order valence-corrected chi connectivity index (χ2v) is 19.2. The summed E-state index contributed by atoms with van der Waals surface area (Å²) in [5.74, 6) is -65.5. The van der Waals surface area contributed by atoms with Crippen molar-refractivity contribution in [3.05, 3.63) is 47.3 Å².